The zero-order chi connectivity index (χ0) is 18.5. The van der Waals surface area contributed by atoms with Crippen LogP contribution in [-0.4, -0.2) is 11.3 Å². The van der Waals surface area contributed by atoms with Crippen molar-refractivity contribution in [3.8, 4) is 0 Å². The molecule has 3 nitrogen and oxygen atoms in total. The number of thioether (sulfide) groups is 1. The molecular formula is C23H21N3S. The van der Waals surface area contributed by atoms with Crippen LogP contribution in [0.2, 0.25) is 0 Å². The molecule has 1 aliphatic rings. The number of rotatable bonds is 6. The molecule has 1 fully saturated rings. The van der Waals surface area contributed by atoms with Crippen LogP contribution < -0.4 is 0 Å². The summed E-state index contributed by atoms with van der Waals surface area (Å²) >= 11 is 1.98. The Morgan fingerprint density at radius 1 is 0.741 bits per heavy atom. The summed E-state index contributed by atoms with van der Waals surface area (Å²) in [7, 11) is 0. The molecule has 3 aromatic carbocycles. The van der Waals surface area contributed by atoms with Crippen molar-refractivity contribution >= 4 is 11.8 Å². The lowest BCUT2D eigenvalue weighted by Crippen LogP contribution is -2.36. The van der Waals surface area contributed by atoms with Crippen LogP contribution in [0.25, 0.3) is 10.4 Å². The Labute approximate surface area is 164 Å². The maximum absolute atomic E-state index is 8.71. The first-order valence-corrected chi connectivity index (χ1v) is 10.1. The number of azide groups is 1. The maximum Gasteiger partial charge on any atom is 0.0909 e. The van der Waals surface area contributed by atoms with E-state index in [1.54, 1.807) is 0 Å². The SMILES string of the molecule is [N-]=[N+]=NC1CC(SC(c2ccccc2)(c2ccccc2)c2ccccc2)C1. The summed E-state index contributed by atoms with van der Waals surface area (Å²) in [5, 5.41) is 4.35. The fourth-order valence-electron chi connectivity index (χ4n) is 3.77. The molecule has 134 valence electrons. The molecular weight excluding hydrogens is 350 g/mol. The Morgan fingerprint density at radius 3 is 1.52 bits per heavy atom. The first-order chi connectivity index (χ1) is 13.3. The van der Waals surface area contributed by atoms with Crippen molar-refractivity contribution in [1.29, 1.82) is 0 Å². The van der Waals surface area contributed by atoms with Crippen LogP contribution in [0.4, 0.5) is 0 Å². The van der Waals surface area contributed by atoms with Gasteiger partial charge < -0.3 is 0 Å². The van der Waals surface area contributed by atoms with E-state index in [2.05, 4.69) is 101 Å². The smallest absolute Gasteiger partial charge is 0.0909 e. The van der Waals surface area contributed by atoms with Crippen LogP contribution in [0.3, 0.4) is 0 Å². The van der Waals surface area contributed by atoms with Crippen LogP contribution in [-0.2, 0) is 4.75 Å². The van der Waals surface area contributed by atoms with E-state index in [0.717, 1.165) is 12.8 Å². The van der Waals surface area contributed by atoms with E-state index in [-0.39, 0.29) is 10.8 Å². The molecule has 0 spiro atoms. The van der Waals surface area contributed by atoms with E-state index in [1.807, 2.05) is 11.8 Å². The van der Waals surface area contributed by atoms with Gasteiger partial charge in [-0.3, -0.25) is 0 Å². The van der Waals surface area contributed by atoms with E-state index in [1.165, 1.54) is 16.7 Å². The van der Waals surface area contributed by atoms with Crippen molar-refractivity contribution in [1.82, 2.24) is 0 Å². The zero-order valence-corrected chi connectivity index (χ0v) is 15.8. The van der Waals surface area contributed by atoms with Crippen molar-refractivity contribution in [2.45, 2.75) is 28.9 Å². The topological polar surface area (TPSA) is 48.8 Å². The predicted octanol–water partition coefficient (Wildman–Crippen LogP) is 6.55. The Hall–Kier alpha value is -2.68. The lowest BCUT2D eigenvalue weighted by molar-refractivity contribution is 0.429. The summed E-state index contributed by atoms with van der Waals surface area (Å²) in [6, 6.07) is 32.3. The normalized spacial score (nSPS) is 19.0. The van der Waals surface area contributed by atoms with Crippen molar-refractivity contribution < 1.29 is 0 Å². The molecule has 1 saturated carbocycles. The van der Waals surface area contributed by atoms with Gasteiger partial charge in [0.05, 0.1) is 4.75 Å². The van der Waals surface area contributed by atoms with Gasteiger partial charge in [-0.25, -0.2) is 0 Å². The van der Waals surface area contributed by atoms with Gasteiger partial charge in [-0.2, -0.15) is 0 Å². The minimum absolute atomic E-state index is 0.132. The number of benzene rings is 3. The summed E-state index contributed by atoms with van der Waals surface area (Å²) < 4.78 is -0.282. The largest absolute Gasteiger partial charge is 0.137 e. The molecule has 0 radical (unpaired) electrons. The molecule has 0 aliphatic heterocycles. The highest BCUT2D eigenvalue weighted by Gasteiger charge is 2.42. The highest BCUT2D eigenvalue weighted by molar-refractivity contribution is 8.01. The molecule has 0 aromatic heterocycles. The van der Waals surface area contributed by atoms with Gasteiger partial charge in [0.15, 0.2) is 0 Å². The molecule has 0 atom stereocenters. The molecule has 0 bridgehead atoms. The molecule has 3 aromatic rings. The number of hydrogen-bond acceptors (Lipinski definition) is 2. The zero-order valence-electron chi connectivity index (χ0n) is 15.0. The second-order valence-corrected chi connectivity index (χ2v) is 8.36. The molecule has 4 rings (SSSR count). The standard InChI is InChI=1S/C23H21N3S/c24-26-25-21-16-22(17-21)27-23(18-10-4-1-5-11-18,19-12-6-2-7-13-19)20-14-8-3-9-15-20/h1-15,21-22H,16-17H2. The van der Waals surface area contributed by atoms with Crippen LogP contribution in [0, 0.1) is 0 Å². The third-order valence-corrected chi connectivity index (χ3v) is 6.95. The third kappa shape index (κ3) is 3.46. The van der Waals surface area contributed by atoms with Gasteiger partial charge in [0.25, 0.3) is 0 Å². The molecule has 0 unspecified atom stereocenters. The van der Waals surface area contributed by atoms with E-state index >= 15 is 0 Å². The summed E-state index contributed by atoms with van der Waals surface area (Å²) in [5.41, 5.74) is 12.5. The Bertz CT molecular complexity index is 819. The van der Waals surface area contributed by atoms with Gasteiger partial charge in [0.2, 0.25) is 0 Å². The Kier molecular flexibility index (Phi) is 5.19. The van der Waals surface area contributed by atoms with Crippen LogP contribution >= 0.6 is 11.8 Å². The first-order valence-electron chi connectivity index (χ1n) is 9.21. The quantitative estimate of drug-likeness (QED) is 0.210. The van der Waals surface area contributed by atoms with E-state index < -0.39 is 0 Å². The molecule has 0 heterocycles. The van der Waals surface area contributed by atoms with Crippen molar-refractivity contribution in [3.63, 3.8) is 0 Å². The van der Waals surface area contributed by atoms with E-state index in [4.69, 9.17) is 5.53 Å². The first kappa shape index (κ1) is 17.7. The third-order valence-electron chi connectivity index (χ3n) is 5.17. The monoisotopic (exact) mass is 371 g/mol. The van der Waals surface area contributed by atoms with Gasteiger partial charge in [0, 0.05) is 16.2 Å². The molecule has 27 heavy (non-hydrogen) atoms. The van der Waals surface area contributed by atoms with Crippen molar-refractivity contribution in [2.75, 3.05) is 0 Å². The van der Waals surface area contributed by atoms with E-state index in [0.29, 0.717) is 5.25 Å². The summed E-state index contributed by atoms with van der Waals surface area (Å²) in [4.78, 5) is 2.98. The van der Waals surface area contributed by atoms with Gasteiger partial charge in [-0.1, -0.05) is 96.1 Å². The Balaban J connectivity index is 1.84. The van der Waals surface area contributed by atoms with E-state index in [9.17, 15) is 0 Å². The fourth-order valence-corrected chi connectivity index (χ4v) is 5.73. The molecule has 0 saturated heterocycles. The second kappa shape index (κ2) is 7.91. The van der Waals surface area contributed by atoms with Gasteiger partial charge in [-0.15, -0.1) is 11.8 Å². The minimum Gasteiger partial charge on any atom is -0.137 e. The molecule has 0 amide bonds. The highest BCUT2D eigenvalue weighted by Crippen LogP contribution is 2.53. The van der Waals surface area contributed by atoms with Gasteiger partial charge in [-0.05, 0) is 35.1 Å². The molecule has 4 heteroatoms. The van der Waals surface area contributed by atoms with Crippen molar-refractivity contribution in [2.24, 2.45) is 5.11 Å². The lowest BCUT2D eigenvalue weighted by atomic mass is 9.84. The van der Waals surface area contributed by atoms with Crippen LogP contribution in [0.5, 0.6) is 0 Å². The number of nitrogens with zero attached hydrogens (tertiary/aromatic N) is 3. The van der Waals surface area contributed by atoms with Crippen LogP contribution in [0.1, 0.15) is 29.5 Å². The fraction of sp³-hybridized carbons (Fsp3) is 0.217. The van der Waals surface area contributed by atoms with Gasteiger partial charge in [0.1, 0.15) is 0 Å². The summed E-state index contributed by atoms with van der Waals surface area (Å²) in [5.74, 6) is 0. The summed E-state index contributed by atoms with van der Waals surface area (Å²) in [6.07, 6.45) is 1.87. The second-order valence-electron chi connectivity index (χ2n) is 6.85. The minimum atomic E-state index is -0.282. The summed E-state index contributed by atoms with van der Waals surface area (Å²) in [6.45, 7) is 0. The number of hydrogen-bond donors (Lipinski definition) is 0. The highest BCUT2D eigenvalue weighted by atomic mass is 32.2. The van der Waals surface area contributed by atoms with Crippen LogP contribution in [0.15, 0.2) is 96.1 Å². The molecule has 1 aliphatic carbocycles. The average molecular weight is 372 g/mol. The van der Waals surface area contributed by atoms with Gasteiger partial charge >= 0.3 is 0 Å². The Morgan fingerprint density at radius 2 is 1.15 bits per heavy atom. The van der Waals surface area contributed by atoms with Crippen molar-refractivity contribution in [3.05, 3.63) is 118 Å². The lowest BCUT2D eigenvalue weighted by Gasteiger charge is -2.42. The molecule has 0 N–H and O–H groups in total. The average Bonchev–Trinajstić information content (AvgIpc) is 2.72. The maximum atomic E-state index is 8.71. The predicted molar refractivity (Wildman–Crippen MR) is 113 cm³/mol.